The molecule has 16 heavy (non-hydrogen) atoms. The Hall–Kier alpha value is -1.62. The number of amides is 1. The van der Waals surface area contributed by atoms with Crippen molar-refractivity contribution in [3.63, 3.8) is 0 Å². The number of carbonyl (C=O) groups is 1. The maximum absolute atomic E-state index is 11.5. The van der Waals surface area contributed by atoms with Crippen LogP contribution in [0.15, 0.2) is 34.6 Å². The molecule has 1 N–H and O–H groups in total. The Morgan fingerprint density at radius 2 is 2.50 bits per heavy atom. The molecule has 0 saturated heterocycles. The van der Waals surface area contributed by atoms with Crippen molar-refractivity contribution in [2.24, 2.45) is 0 Å². The van der Waals surface area contributed by atoms with E-state index in [2.05, 4.69) is 10.3 Å². The number of rotatable bonds is 5. The highest BCUT2D eigenvalue weighted by atomic mass is 32.1. The van der Waals surface area contributed by atoms with Gasteiger partial charge in [0.2, 0.25) is 5.91 Å². The monoisotopic (exact) mass is 236 g/mol. The molecular weight excluding hydrogens is 224 g/mol. The molecule has 0 aliphatic heterocycles. The Morgan fingerprint density at radius 3 is 3.19 bits per heavy atom. The van der Waals surface area contributed by atoms with Crippen LogP contribution < -0.4 is 5.32 Å². The van der Waals surface area contributed by atoms with Gasteiger partial charge in [-0.25, -0.2) is 4.98 Å². The van der Waals surface area contributed by atoms with Crippen LogP contribution in [0.1, 0.15) is 10.6 Å². The number of hydrogen-bond acceptors (Lipinski definition) is 4. The van der Waals surface area contributed by atoms with E-state index < -0.39 is 0 Å². The number of nitrogens with one attached hydrogen (secondary N) is 1. The standard InChI is InChI=1S/C11H12N2O2S/c14-11(6-10-2-1-5-16-10)12-4-3-9-7-15-8-13-9/h1-2,5,7-8H,3-4,6H2,(H,12,14). The lowest BCUT2D eigenvalue weighted by molar-refractivity contribution is -0.120. The molecule has 0 unspecified atom stereocenters. The molecule has 2 rings (SSSR count). The number of oxazole rings is 1. The summed E-state index contributed by atoms with van der Waals surface area (Å²) in [6, 6.07) is 3.91. The maximum Gasteiger partial charge on any atom is 0.225 e. The van der Waals surface area contributed by atoms with Crippen molar-refractivity contribution in [1.29, 1.82) is 0 Å². The van der Waals surface area contributed by atoms with Crippen molar-refractivity contribution in [3.8, 4) is 0 Å². The van der Waals surface area contributed by atoms with Gasteiger partial charge in [-0.05, 0) is 11.4 Å². The largest absolute Gasteiger partial charge is 0.451 e. The Morgan fingerprint density at radius 1 is 1.56 bits per heavy atom. The van der Waals surface area contributed by atoms with Crippen LogP contribution >= 0.6 is 11.3 Å². The molecule has 0 bridgehead atoms. The van der Waals surface area contributed by atoms with Crippen LogP contribution in [0, 0.1) is 0 Å². The van der Waals surface area contributed by atoms with Crippen molar-refractivity contribution in [2.75, 3.05) is 6.54 Å². The van der Waals surface area contributed by atoms with Crippen molar-refractivity contribution in [1.82, 2.24) is 10.3 Å². The smallest absolute Gasteiger partial charge is 0.225 e. The third-order valence-corrected chi connectivity index (χ3v) is 2.98. The summed E-state index contributed by atoms with van der Waals surface area (Å²) in [5.74, 6) is 0.0472. The second-order valence-corrected chi connectivity index (χ2v) is 4.37. The topological polar surface area (TPSA) is 55.1 Å². The quantitative estimate of drug-likeness (QED) is 0.858. The first-order chi connectivity index (χ1) is 7.84. The second kappa shape index (κ2) is 5.46. The summed E-state index contributed by atoms with van der Waals surface area (Å²) < 4.78 is 4.84. The third kappa shape index (κ3) is 3.20. The summed E-state index contributed by atoms with van der Waals surface area (Å²) in [5.41, 5.74) is 0.858. The second-order valence-electron chi connectivity index (χ2n) is 3.34. The van der Waals surface area contributed by atoms with Gasteiger partial charge >= 0.3 is 0 Å². The average Bonchev–Trinajstić information content (AvgIpc) is 2.90. The van der Waals surface area contributed by atoms with Gasteiger partial charge in [0.1, 0.15) is 6.26 Å². The summed E-state index contributed by atoms with van der Waals surface area (Å²) in [7, 11) is 0. The minimum Gasteiger partial charge on any atom is -0.451 e. The van der Waals surface area contributed by atoms with Crippen LogP contribution in [0.5, 0.6) is 0 Å². The van der Waals surface area contributed by atoms with Crippen molar-refractivity contribution in [2.45, 2.75) is 12.8 Å². The zero-order chi connectivity index (χ0) is 11.2. The molecule has 0 fully saturated rings. The summed E-state index contributed by atoms with van der Waals surface area (Å²) in [6.07, 6.45) is 4.14. The molecule has 0 aliphatic carbocycles. The van der Waals surface area contributed by atoms with E-state index in [9.17, 15) is 4.79 Å². The SMILES string of the molecule is O=C(Cc1cccs1)NCCc1cocn1. The van der Waals surface area contributed by atoms with E-state index >= 15 is 0 Å². The normalized spacial score (nSPS) is 10.2. The number of hydrogen-bond donors (Lipinski definition) is 1. The first-order valence-corrected chi connectivity index (χ1v) is 5.89. The van der Waals surface area contributed by atoms with Crippen LogP contribution in [0.2, 0.25) is 0 Å². The molecule has 1 amide bonds. The molecule has 0 aromatic carbocycles. The van der Waals surface area contributed by atoms with Gasteiger partial charge in [-0.1, -0.05) is 6.07 Å². The van der Waals surface area contributed by atoms with Crippen LogP contribution in [0.25, 0.3) is 0 Å². The average molecular weight is 236 g/mol. The fourth-order valence-electron chi connectivity index (χ4n) is 1.32. The Labute approximate surface area is 97.3 Å². The lowest BCUT2D eigenvalue weighted by atomic mass is 10.3. The highest BCUT2D eigenvalue weighted by molar-refractivity contribution is 7.10. The number of aromatic nitrogens is 1. The minimum absolute atomic E-state index is 0.0472. The van der Waals surface area contributed by atoms with Crippen molar-refractivity contribution >= 4 is 17.2 Å². The Balaban J connectivity index is 1.68. The van der Waals surface area contributed by atoms with Gasteiger partial charge in [-0.2, -0.15) is 0 Å². The van der Waals surface area contributed by atoms with Gasteiger partial charge in [0.25, 0.3) is 0 Å². The van der Waals surface area contributed by atoms with Gasteiger partial charge in [-0.3, -0.25) is 4.79 Å². The van der Waals surface area contributed by atoms with Crippen LogP contribution in [-0.4, -0.2) is 17.4 Å². The van der Waals surface area contributed by atoms with Gasteiger partial charge < -0.3 is 9.73 Å². The van der Waals surface area contributed by atoms with Gasteiger partial charge in [0, 0.05) is 17.8 Å². The molecule has 0 atom stereocenters. The van der Waals surface area contributed by atoms with E-state index in [1.54, 1.807) is 17.6 Å². The van der Waals surface area contributed by atoms with E-state index in [1.807, 2.05) is 17.5 Å². The number of nitrogens with zero attached hydrogens (tertiary/aromatic N) is 1. The molecule has 4 nitrogen and oxygen atoms in total. The van der Waals surface area contributed by atoms with E-state index in [-0.39, 0.29) is 5.91 Å². The molecule has 0 spiro atoms. The highest BCUT2D eigenvalue weighted by Gasteiger charge is 2.03. The number of thiophene rings is 1. The predicted octanol–water partition coefficient (Wildman–Crippen LogP) is 1.64. The molecule has 2 heterocycles. The molecule has 2 aromatic heterocycles. The maximum atomic E-state index is 11.5. The number of carbonyl (C=O) groups excluding carboxylic acids is 1. The zero-order valence-corrected chi connectivity index (χ0v) is 9.50. The van der Waals surface area contributed by atoms with E-state index in [0.29, 0.717) is 19.4 Å². The lowest BCUT2D eigenvalue weighted by Gasteiger charge is -2.01. The fourth-order valence-corrected chi connectivity index (χ4v) is 2.03. The van der Waals surface area contributed by atoms with Crippen molar-refractivity contribution in [3.05, 3.63) is 40.7 Å². The molecule has 0 saturated carbocycles. The highest BCUT2D eigenvalue weighted by Crippen LogP contribution is 2.08. The summed E-state index contributed by atoms with van der Waals surface area (Å²) in [4.78, 5) is 16.5. The molecule has 0 aliphatic rings. The molecule has 2 aromatic rings. The summed E-state index contributed by atoms with van der Waals surface area (Å²) in [5, 5.41) is 4.82. The molecule has 0 radical (unpaired) electrons. The Bertz CT molecular complexity index is 423. The van der Waals surface area contributed by atoms with Crippen LogP contribution in [0.3, 0.4) is 0 Å². The predicted molar refractivity (Wildman–Crippen MR) is 61.2 cm³/mol. The minimum atomic E-state index is 0.0472. The van der Waals surface area contributed by atoms with Gasteiger partial charge in [0.05, 0.1) is 12.1 Å². The molecule has 5 heteroatoms. The zero-order valence-electron chi connectivity index (χ0n) is 8.68. The lowest BCUT2D eigenvalue weighted by Crippen LogP contribution is -2.26. The van der Waals surface area contributed by atoms with E-state index in [0.717, 1.165) is 10.6 Å². The first-order valence-electron chi connectivity index (χ1n) is 5.01. The molecular formula is C11H12N2O2S. The summed E-state index contributed by atoms with van der Waals surface area (Å²) in [6.45, 7) is 0.594. The summed E-state index contributed by atoms with van der Waals surface area (Å²) >= 11 is 1.59. The Kier molecular flexibility index (Phi) is 3.71. The fraction of sp³-hybridized carbons (Fsp3) is 0.273. The van der Waals surface area contributed by atoms with Crippen molar-refractivity contribution < 1.29 is 9.21 Å². The van der Waals surface area contributed by atoms with E-state index in [4.69, 9.17) is 4.42 Å². The third-order valence-electron chi connectivity index (χ3n) is 2.10. The molecule has 84 valence electrons. The first kappa shape index (κ1) is 10.9. The van der Waals surface area contributed by atoms with Crippen LogP contribution in [-0.2, 0) is 17.6 Å². The van der Waals surface area contributed by atoms with Gasteiger partial charge in [0.15, 0.2) is 6.39 Å². The van der Waals surface area contributed by atoms with E-state index in [1.165, 1.54) is 6.39 Å². The van der Waals surface area contributed by atoms with Crippen LogP contribution in [0.4, 0.5) is 0 Å². The van der Waals surface area contributed by atoms with Gasteiger partial charge in [-0.15, -0.1) is 11.3 Å².